The predicted molar refractivity (Wildman–Crippen MR) is 64.6 cm³/mol. The molecule has 0 heterocycles. The SMILES string of the molecule is COCC(CC(=O)O)c1cc(C)ccc1OC. The second-order valence-corrected chi connectivity index (χ2v) is 4.00. The van der Waals surface area contributed by atoms with Crippen molar-refractivity contribution in [2.75, 3.05) is 20.8 Å². The Balaban J connectivity index is 3.06. The van der Waals surface area contributed by atoms with Crippen LogP contribution in [0.25, 0.3) is 0 Å². The minimum Gasteiger partial charge on any atom is -0.496 e. The van der Waals surface area contributed by atoms with Gasteiger partial charge in [-0.15, -0.1) is 0 Å². The van der Waals surface area contributed by atoms with Crippen molar-refractivity contribution in [2.45, 2.75) is 19.3 Å². The first-order valence-electron chi connectivity index (χ1n) is 5.43. The van der Waals surface area contributed by atoms with E-state index in [1.807, 2.05) is 25.1 Å². The number of ether oxygens (including phenoxy) is 2. The smallest absolute Gasteiger partial charge is 0.304 e. The van der Waals surface area contributed by atoms with E-state index >= 15 is 0 Å². The number of aliphatic carboxylic acids is 1. The summed E-state index contributed by atoms with van der Waals surface area (Å²) in [5, 5.41) is 8.91. The van der Waals surface area contributed by atoms with Gasteiger partial charge >= 0.3 is 5.97 Å². The number of benzene rings is 1. The molecule has 94 valence electrons. The highest BCUT2D eigenvalue weighted by atomic mass is 16.5. The predicted octanol–water partition coefficient (Wildman–Crippen LogP) is 2.21. The van der Waals surface area contributed by atoms with Crippen LogP contribution in [0.2, 0.25) is 0 Å². The van der Waals surface area contributed by atoms with Crippen LogP contribution in [0.1, 0.15) is 23.5 Å². The highest BCUT2D eigenvalue weighted by molar-refractivity contribution is 5.68. The number of carbonyl (C=O) groups is 1. The molecule has 0 radical (unpaired) electrons. The van der Waals surface area contributed by atoms with Crippen molar-refractivity contribution >= 4 is 5.97 Å². The van der Waals surface area contributed by atoms with Crippen LogP contribution in [0.4, 0.5) is 0 Å². The number of methoxy groups -OCH3 is 2. The lowest BCUT2D eigenvalue weighted by Gasteiger charge is -2.18. The average molecular weight is 238 g/mol. The van der Waals surface area contributed by atoms with Crippen molar-refractivity contribution in [3.05, 3.63) is 29.3 Å². The highest BCUT2D eigenvalue weighted by Crippen LogP contribution is 2.30. The molecular formula is C13H18O4. The van der Waals surface area contributed by atoms with Gasteiger partial charge in [-0.05, 0) is 13.0 Å². The Bertz CT molecular complexity index is 387. The lowest BCUT2D eigenvalue weighted by atomic mass is 9.94. The molecule has 0 amide bonds. The molecule has 0 saturated heterocycles. The van der Waals surface area contributed by atoms with Crippen molar-refractivity contribution in [1.82, 2.24) is 0 Å². The maximum Gasteiger partial charge on any atom is 0.304 e. The van der Waals surface area contributed by atoms with Crippen LogP contribution in [0, 0.1) is 6.92 Å². The summed E-state index contributed by atoms with van der Waals surface area (Å²) in [6.07, 6.45) is 0.0354. The first-order chi connectivity index (χ1) is 8.08. The number of hydrogen-bond acceptors (Lipinski definition) is 3. The van der Waals surface area contributed by atoms with Gasteiger partial charge in [0.25, 0.3) is 0 Å². The second kappa shape index (κ2) is 6.25. The molecule has 1 aromatic carbocycles. The second-order valence-electron chi connectivity index (χ2n) is 4.00. The van der Waals surface area contributed by atoms with Crippen molar-refractivity contribution in [3.63, 3.8) is 0 Å². The van der Waals surface area contributed by atoms with Crippen molar-refractivity contribution in [1.29, 1.82) is 0 Å². The fourth-order valence-corrected chi connectivity index (χ4v) is 1.84. The topological polar surface area (TPSA) is 55.8 Å². The van der Waals surface area contributed by atoms with E-state index in [4.69, 9.17) is 14.6 Å². The quantitative estimate of drug-likeness (QED) is 0.825. The first kappa shape index (κ1) is 13.5. The molecule has 1 atom stereocenters. The molecule has 4 nitrogen and oxygen atoms in total. The van der Waals surface area contributed by atoms with Crippen molar-refractivity contribution < 1.29 is 19.4 Å². The van der Waals surface area contributed by atoms with Crippen LogP contribution in [0.15, 0.2) is 18.2 Å². The molecular weight excluding hydrogens is 220 g/mol. The number of aryl methyl sites for hydroxylation is 1. The standard InChI is InChI=1S/C13H18O4/c1-9-4-5-12(17-3)11(6-9)10(8-16-2)7-13(14)15/h4-6,10H,7-8H2,1-3H3,(H,14,15). The van der Waals surface area contributed by atoms with Gasteiger partial charge in [-0.25, -0.2) is 0 Å². The van der Waals surface area contributed by atoms with E-state index in [9.17, 15) is 4.79 Å². The molecule has 1 aromatic rings. The maximum absolute atomic E-state index is 10.8. The van der Waals surface area contributed by atoms with Gasteiger partial charge in [0.15, 0.2) is 0 Å². The lowest BCUT2D eigenvalue weighted by Crippen LogP contribution is -2.13. The van der Waals surface area contributed by atoms with Crippen molar-refractivity contribution in [3.8, 4) is 5.75 Å². The van der Waals surface area contributed by atoms with E-state index in [2.05, 4.69) is 0 Å². The van der Waals surface area contributed by atoms with E-state index in [0.29, 0.717) is 12.4 Å². The first-order valence-corrected chi connectivity index (χ1v) is 5.43. The minimum atomic E-state index is -0.837. The molecule has 1 rings (SSSR count). The molecule has 0 aliphatic carbocycles. The third-order valence-electron chi connectivity index (χ3n) is 2.61. The normalized spacial score (nSPS) is 12.2. The van der Waals surface area contributed by atoms with Crippen LogP contribution in [-0.2, 0) is 9.53 Å². The van der Waals surface area contributed by atoms with Gasteiger partial charge in [0, 0.05) is 18.6 Å². The Morgan fingerprint density at radius 1 is 1.41 bits per heavy atom. The van der Waals surface area contributed by atoms with Gasteiger partial charge in [-0.3, -0.25) is 4.79 Å². The minimum absolute atomic E-state index is 0.0354. The third kappa shape index (κ3) is 3.75. The largest absolute Gasteiger partial charge is 0.496 e. The Hall–Kier alpha value is -1.55. The fourth-order valence-electron chi connectivity index (χ4n) is 1.84. The Morgan fingerprint density at radius 2 is 2.12 bits per heavy atom. The summed E-state index contributed by atoms with van der Waals surface area (Å²) < 4.78 is 10.3. The van der Waals surface area contributed by atoms with Crippen LogP contribution >= 0.6 is 0 Å². The monoisotopic (exact) mass is 238 g/mol. The summed E-state index contributed by atoms with van der Waals surface area (Å²) >= 11 is 0. The van der Waals surface area contributed by atoms with Crippen molar-refractivity contribution in [2.24, 2.45) is 0 Å². The van der Waals surface area contributed by atoms with E-state index in [0.717, 1.165) is 11.1 Å². The van der Waals surface area contributed by atoms with E-state index < -0.39 is 5.97 Å². The molecule has 0 spiro atoms. The molecule has 17 heavy (non-hydrogen) atoms. The molecule has 1 unspecified atom stereocenters. The summed E-state index contributed by atoms with van der Waals surface area (Å²) in [5.41, 5.74) is 1.96. The third-order valence-corrected chi connectivity index (χ3v) is 2.61. The van der Waals surface area contributed by atoms with E-state index in [-0.39, 0.29) is 12.3 Å². The lowest BCUT2D eigenvalue weighted by molar-refractivity contribution is -0.137. The van der Waals surface area contributed by atoms with Gasteiger partial charge in [0.1, 0.15) is 5.75 Å². The van der Waals surface area contributed by atoms with Crippen LogP contribution in [-0.4, -0.2) is 31.9 Å². The van der Waals surface area contributed by atoms with Crippen LogP contribution < -0.4 is 4.74 Å². The number of carboxylic acids is 1. The summed E-state index contributed by atoms with van der Waals surface area (Å²) in [6, 6.07) is 5.74. The molecule has 1 N–H and O–H groups in total. The molecule has 0 aliphatic rings. The van der Waals surface area contributed by atoms with Gasteiger partial charge in [0.2, 0.25) is 0 Å². The summed E-state index contributed by atoms with van der Waals surface area (Å²) in [5.74, 6) is -0.318. The summed E-state index contributed by atoms with van der Waals surface area (Å²) in [4.78, 5) is 10.8. The molecule has 0 bridgehead atoms. The molecule has 0 saturated carbocycles. The van der Waals surface area contributed by atoms with Crippen LogP contribution in [0.3, 0.4) is 0 Å². The van der Waals surface area contributed by atoms with Gasteiger partial charge < -0.3 is 14.6 Å². The number of carboxylic acid groups (broad SMARTS) is 1. The number of hydrogen-bond donors (Lipinski definition) is 1. The van der Waals surface area contributed by atoms with E-state index in [1.54, 1.807) is 14.2 Å². The fraction of sp³-hybridized carbons (Fsp3) is 0.462. The molecule has 4 heteroatoms. The Morgan fingerprint density at radius 3 is 2.65 bits per heavy atom. The maximum atomic E-state index is 10.8. The summed E-state index contributed by atoms with van der Waals surface area (Å²) in [6.45, 7) is 2.33. The van der Waals surface area contributed by atoms with Gasteiger partial charge in [-0.2, -0.15) is 0 Å². The number of rotatable bonds is 6. The van der Waals surface area contributed by atoms with E-state index in [1.165, 1.54) is 0 Å². The zero-order valence-corrected chi connectivity index (χ0v) is 10.4. The Labute approximate surface area is 101 Å². The zero-order chi connectivity index (χ0) is 12.8. The van der Waals surface area contributed by atoms with Crippen LogP contribution in [0.5, 0.6) is 5.75 Å². The molecule has 0 aromatic heterocycles. The Kier molecular flexibility index (Phi) is 4.97. The summed E-state index contributed by atoms with van der Waals surface area (Å²) in [7, 11) is 3.15. The average Bonchev–Trinajstić information content (AvgIpc) is 2.28. The molecule has 0 fully saturated rings. The highest BCUT2D eigenvalue weighted by Gasteiger charge is 2.19. The van der Waals surface area contributed by atoms with Gasteiger partial charge in [-0.1, -0.05) is 17.7 Å². The van der Waals surface area contributed by atoms with Gasteiger partial charge in [0.05, 0.1) is 20.1 Å². The zero-order valence-electron chi connectivity index (χ0n) is 10.4. The molecule has 0 aliphatic heterocycles.